The molecule has 0 aliphatic heterocycles. The molecule has 8 aliphatic carbocycles. The number of hydrogen-bond donors (Lipinski definition) is 4. The Kier molecular flexibility index (Phi) is 9.76. The predicted molar refractivity (Wildman–Crippen MR) is 209 cm³/mol. The molecule has 0 saturated heterocycles. The summed E-state index contributed by atoms with van der Waals surface area (Å²) < 4.78 is 3.36. The summed E-state index contributed by atoms with van der Waals surface area (Å²) in [6.45, 7) is 2.08. The highest BCUT2D eigenvalue weighted by Gasteiger charge is 2.50. The van der Waals surface area contributed by atoms with E-state index in [2.05, 4.69) is 26.1 Å². The zero-order chi connectivity index (χ0) is 36.9. The van der Waals surface area contributed by atoms with Crippen LogP contribution in [0.4, 0.5) is 5.82 Å². The molecule has 11 heteroatoms. The first kappa shape index (κ1) is 35.5. The molecule has 1 atom stereocenters. The van der Waals surface area contributed by atoms with Gasteiger partial charge in [0, 0.05) is 18.6 Å². The highest BCUT2D eigenvalue weighted by Crippen LogP contribution is 2.55. The van der Waals surface area contributed by atoms with Gasteiger partial charge in [0.25, 0.3) is 11.8 Å². The Morgan fingerprint density at radius 3 is 1.54 bits per heavy atom. The Morgan fingerprint density at radius 1 is 0.667 bits per heavy atom. The van der Waals surface area contributed by atoms with Crippen LogP contribution < -0.4 is 16.0 Å². The van der Waals surface area contributed by atoms with Crippen LogP contribution in [0.3, 0.4) is 0 Å². The van der Waals surface area contributed by atoms with Crippen LogP contribution in [0, 0.1) is 47.3 Å². The van der Waals surface area contributed by atoms with Crippen molar-refractivity contribution in [2.24, 2.45) is 47.3 Å². The SMILES string of the molecule is CC(O)CNc1c(C(=O)NC2C3CC4CC(C3)CC2C4)cnn1-c1ccccc1.O=C(NC1C2CC3CC(C2)CC1C3)c1cnn(-c2ccccc2)c1Cl. The fraction of sp³-hybridized carbons (Fsp3) is 0.535. The molecule has 12 rings (SSSR count). The van der Waals surface area contributed by atoms with Gasteiger partial charge < -0.3 is 21.1 Å². The third-order valence-electron chi connectivity index (χ3n) is 13.6. The third-order valence-corrected chi connectivity index (χ3v) is 13.9. The molecule has 10 nitrogen and oxygen atoms in total. The topological polar surface area (TPSA) is 126 Å². The molecule has 8 bridgehead atoms. The Labute approximate surface area is 322 Å². The van der Waals surface area contributed by atoms with Gasteiger partial charge in [0.1, 0.15) is 16.5 Å². The lowest BCUT2D eigenvalue weighted by Crippen LogP contribution is -2.55. The first-order chi connectivity index (χ1) is 26.3. The van der Waals surface area contributed by atoms with Gasteiger partial charge in [0.2, 0.25) is 0 Å². The fourth-order valence-corrected chi connectivity index (χ4v) is 12.0. The highest BCUT2D eigenvalue weighted by atomic mass is 35.5. The minimum Gasteiger partial charge on any atom is -0.392 e. The normalized spacial score (nSPS) is 31.8. The second-order valence-corrected chi connectivity index (χ2v) is 17.7. The standard InChI is InChI=1S/C23H30N4O2.C20H22ClN3O/c1-14(28)12-24-22-20(13-25-27(22)19-5-3-2-4-6-19)23(29)26-21-17-8-15-7-16(10-17)11-18(21)9-15;21-19-17(11-22-24(19)16-4-2-1-3-5-16)20(25)23-18-14-7-12-6-13(9-14)10-15(18)8-12/h2-6,13-18,21,24,28H,7-12H2,1H3,(H,26,29);1-5,11-15,18H,6-10H2,(H,23,25). The zero-order valence-corrected chi connectivity index (χ0v) is 31.7. The van der Waals surface area contributed by atoms with E-state index in [9.17, 15) is 14.7 Å². The van der Waals surface area contributed by atoms with Crippen LogP contribution in [0.1, 0.15) is 91.8 Å². The number of benzene rings is 2. The number of aliphatic hydroxyl groups excluding tert-OH is 1. The van der Waals surface area contributed by atoms with Gasteiger partial charge in [-0.05, 0) is 143 Å². The maximum atomic E-state index is 13.3. The molecule has 54 heavy (non-hydrogen) atoms. The number of hydrogen-bond acceptors (Lipinski definition) is 6. The summed E-state index contributed by atoms with van der Waals surface area (Å²) in [7, 11) is 0. The lowest BCUT2D eigenvalue weighted by molar-refractivity contribution is -0.0119. The van der Waals surface area contributed by atoms with Crippen molar-refractivity contribution < 1.29 is 14.7 Å². The summed E-state index contributed by atoms with van der Waals surface area (Å²) in [6, 6.07) is 20.0. The van der Waals surface area contributed by atoms with Gasteiger partial charge in [0.15, 0.2) is 0 Å². The molecule has 4 N–H and O–H groups in total. The molecule has 2 heterocycles. The minimum atomic E-state index is -0.519. The first-order valence-electron chi connectivity index (χ1n) is 20.2. The van der Waals surface area contributed by atoms with Crippen LogP contribution in [0.15, 0.2) is 73.1 Å². The van der Waals surface area contributed by atoms with E-state index >= 15 is 0 Å². The number of aromatic nitrogens is 4. The van der Waals surface area contributed by atoms with Crippen LogP contribution in [0.25, 0.3) is 11.4 Å². The number of carbonyl (C=O) groups excluding carboxylic acids is 2. The molecular weight excluding hydrogens is 698 g/mol. The number of nitrogens with zero attached hydrogens (tertiary/aromatic N) is 4. The monoisotopic (exact) mass is 749 g/mol. The van der Waals surface area contributed by atoms with Gasteiger partial charge in [-0.15, -0.1) is 0 Å². The van der Waals surface area contributed by atoms with E-state index in [1.54, 1.807) is 28.7 Å². The van der Waals surface area contributed by atoms with E-state index in [1.807, 2.05) is 60.7 Å². The minimum absolute atomic E-state index is 0.0576. The molecule has 8 saturated carbocycles. The summed E-state index contributed by atoms with van der Waals surface area (Å²) in [5.41, 5.74) is 2.76. The van der Waals surface area contributed by atoms with E-state index in [0.717, 1.165) is 35.0 Å². The number of para-hydroxylation sites is 2. The van der Waals surface area contributed by atoms with E-state index in [4.69, 9.17) is 11.6 Å². The van der Waals surface area contributed by atoms with Crippen LogP contribution >= 0.6 is 11.6 Å². The Bertz CT molecular complexity index is 1900. The van der Waals surface area contributed by atoms with Crippen molar-refractivity contribution in [3.05, 3.63) is 89.3 Å². The largest absolute Gasteiger partial charge is 0.392 e. The van der Waals surface area contributed by atoms with Crippen LogP contribution in [-0.2, 0) is 0 Å². The Balaban J connectivity index is 0.000000144. The van der Waals surface area contributed by atoms with E-state index in [0.29, 0.717) is 64.4 Å². The summed E-state index contributed by atoms with van der Waals surface area (Å²) >= 11 is 6.46. The van der Waals surface area contributed by atoms with Crippen molar-refractivity contribution in [3.8, 4) is 11.4 Å². The molecule has 284 valence electrons. The molecular formula is C43H52ClN7O3. The number of amides is 2. The smallest absolute Gasteiger partial charge is 0.256 e. The lowest BCUT2D eigenvalue weighted by Gasteiger charge is -2.54. The Morgan fingerprint density at radius 2 is 1.07 bits per heavy atom. The number of anilines is 1. The summed E-state index contributed by atoms with van der Waals surface area (Å²) in [5.74, 6) is 6.65. The second-order valence-electron chi connectivity index (χ2n) is 17.3. The maximum absolute atomic E-state index is 13.3. The summed E-state index contributed by atoms with van der Waals surface area (Å²) in [4.78, 5) is 26.1. The average Bonchev–Trinajstić information content (AvgIpc) is 3.78. The molecule has 0 radical (unpaired) electrons. The molecule has 8 fully saturated rings. The molecule has 0 spiro atoms. The first-order valence-corrected chi connectivity index (χ1v) is 20.6. The van der Waals surface area contributed by atoms with Crippen LogP contribution in [-0.4, -0.2) is 61.2 Å². The van der Waals surface area contributed by atoms with Gasteiger partial charge in [-0.1, -0.05) is 48.0 Å². The van der Waals surface area contributed by atoms with Crippen molar-refractivity contribution in [2.75, 3.05) is 11.9 Å². The van der Waals surface area contributed by atoms with Gasteiger partial charge in [-0.25, -0.2) is 9.36 Å². The quantitative estimate of drug-likeness (QED) is 0.142. The van der Waals surface area contributed by atoms with Gasteiger partial charge in [-0.3, -0.25) is 9.59 Å². The van der Waals surface area contributed by atoms with E-state index < -0.39 is 6.10 Å². The third kappa shape index (κ3) is 6.96. The summed E-state index contributed by atoms with van der Waals surface area (Å²) in [6.07, 6.45) is 15.8. The number of carbonyl (C=O) groups is 2. The molecule has 1 unspecified atom stereocenters. The zero-order valence-electron chi connectivity index (χ0n) is 31.0. The number of rotatable bonds is 9. The number of aliphatic hydroxyl groups is 1. The molecule has 8 aliphatic rings. The lowest BCUT2D eigenvalue weighted by atomic mass is 9.54. The van der Waals surface area contributed by atoms with E-state index in [-0.39, 0.29) is 11.8 Å². The van der Waals surface area contributed by atoms with Gasteiger partial charge in [-0.2, -0.15) is 10.2 Å². The van der Waals surface area contributed by atoms with Crippen molar-refractivity contribution in [1.29, 1.82) is 0 Å². The van der Waals surface area contributed by atoms with Gasteiger partial charge >= 0.3 is 0 Å². The van der Waals surface area contributed by atoms with Crippen LogP contribution in [0.2, 0.25) is 5.15 Å². The van der Waals surface area contributed by atoms with Crippen LogP contribution in [0.5, 0.6) is 0 Å². The predicted octanol–water partition coefficient (Wildman–Crippen LogP) is 7.30. The van der Waals surface area contributed by atoms with Crippen molar-refractivity contribution in [1.82, 2.24) is 30.2 Å². The summed E-state index contributed by atoms with van der Waals surface area (Å²) in [5, 5.41) is 28.8. The maximum Gasteiger partial charge on any atom is 0.256 e. The van der Waals surface area contributed by atoms with Crippen molar-refractivity contribution in [3.63, 3.8) is 0 Å². The number of nitrogens with one attached hydrogen (secondary N) is 3. The highest BCUT2D eigenvalue weighted by molar-refractivity contribution is 6.33. The molecule has 4 aromatic rings. The van der Waals surface area contributed by atoms with Crippen molar-refractivity contribution >= 4 is 29.2 Å². The number of halogens is 1. The molecule has 2 aromatic heterocycles. The van der Waals surface area contributed by atoms with Crippen molar-refractivity contribution in [2.45, 2.75) is 89.3 Å². The van der Waals surface area contributed by atoms with Gasteiger partial charge in [0.05, 0.1) is 35.4 Å². The van der Waals surface area contributed by atoms with E-state index in [1.165, 1.54) is 64.2 Å². The average molecular weight is 750 g/mol. The fourth-order valence-electron chi connectivity index (χ4n) is 11.7. The Hall–Kier alpha value is -4.15. The molecule has 2 aromatic carbocycles. The molecule has 2 amide bonds. The second kappa shape index (κ2) is 14.8.